The van der Waals surface area contributed by atoms with Gasteiger partial charge < -0.3 is 16.0 Å². The minimum absolute atomic E-state index is 0.00180. The third kappa shape index (κ3) is 8.42. The van der Waals surface area contributed by atoms with Gasteiger partial charge in [-0.2, -0.15) is 5.11 Å². The molecule has 0 saturated carbocycles. The summed E-state index contributed by atoms with van der Waals surface area (Å²) < 4.78 is 0. The van der Waals surface area contributed by atoms with Crippen LogP contribution in [-0.2, 0) is 16.0 Å². The van der Waals surface area contributed by atoms with Gasteiger partial charge in [0.25, 0.3) is 0 Å². The van der Waals surface area contributed by atoms with Gasteiger partial charge in [-0.3, -0.25) is 14.4 Å². The van der Waals surface area contributed by atoms with Crippen LogP contribution >= 0.6 is 0 Å². The molecule has 40 heavy (non-hydrogen) atoms. The number of hydrogen-bond acceptors (Lipinski definition) is 6. The first kappa shape index (κ1) is 30.9. The van der Waals surface area contributed by atoms with Gasteiger partial charge in [-0.1, -0.05) is 63.9 Å². The van der Waals surface area contributed by atoms with E-state index >= 15 is 0 Å². The molecule has 3 aromatic rings. The molecule has 8 nitrogen and oxygen atoms in total. The van der Waals surface area contributed by atoms with Crippen LogP contribution in [0.15, 0.2) is 59.8 Å². The van der Waals surface area contributed by atoms with Crippen molar-refractivity contribution in [2.75, 3.05) is 0 Å². The largest absolute Gasteiger partial charge is 0.361 e. The number of fused-ring (bicyclic) bond motifs is 1. The van der Waals surface area contributed by atoms with E-state index in [0.29, 0.717) is 30.5 Å². The zero-order valence-electron chi connectivity index (χ0n) is 23.9. The molecule has 1 aromatic heterocycles. The Balaban J connectivity index is 1.45. The Morgan fingerprint density at radius 3 is 2.30 bits per heavy atom. The maximum Gasteiger partial charge on any atom is 0.220 e. The Bertz CT molecular complexity index is 1300. The fraction of sp³-hybridized carbons (Fsp3) is 0.469. The lowest BCUT2D eigenvalue weighted by Crippen LogP contribution is -2.44. The number of amides is 1. The third-order valence-electron chi connectivity index (χ3n) is 7.75. The minimum Gasteiger partial charge on any atom is -0.361 e. The second kappa shape index (κ2) is 15.2. The summed E-state index contributed by atoms with van der Waals surface area (Å²) in [5.41, 5.74) is 16.6. The van der Waals surface area contributed by atoms with Crippen LogP contribution in [0, 0.1) is 17.4 Å². The van der Waals surface area contributed by atoms with Crippen LogP contribution in [0.25, 0.3) is 10.9 Å². The van der Waals surface area contributed by atoms with E-state index in [-0.39, 0.29) is 35.4 Å². The fourth-order valence-corrected chi connectivity index (χ4v) is 5.22. The molecule has 5 N–H and O–H groups in total. The molecule has 0 spiro atoms. The number of para-hydroxylation sites is 2. The molecular weight excluding hydrogens is 502 g/mol. The van der Waals surface area contributed by atoms with E-state index in [0.717, 1.165) is 48.6 Å². The molecule has 1 heterocycles. The third-order valence-corrected chi connectivity index (χ3v) is 7.75. The van der Waals surface area contributed by atoms with Crippen molar-refractivity contribution in [3.8, 4) is 0 Å². The average molecular weight is 546 g/mol. The topological polar surface area (TPSA) is 141 Å². The van der Waals surface area contributed by atoms with Crippen molar-refractivity contribution in [3.05, 3.63) is 65.9 Å². The van der Waals surface area contributed by atoms with E-state index in [2.05, 4.69) is 15.4 Å². The lowest BCUT2D eigenvalue weighted by Gasteiger charge is -2.22. The molecule has 2 aromatic carbocycles. The molecule has 4 unspecified atom stereocenters. The van der Waals surface area contributed by atoms with E-state index in [1.807, 2.05) is 44.3 Å². The number of ketones is 2. The van der Waals surface area contributed by atoms with Crippen molar-refractivity contribution >= 4 is 34.1 Å². The van der Waals surface area contributed by atoms with Crippen LogP contribution < -0.4 is 11.1 Å². The number of H-pyrrole nitrogens is 1. The molecule has 0 radical (unpaired) electrons. The number of carbonyl (C=O) groups is 3. The van der Waals surface area contributed by atoms with E-state index in [9.17, 15) is 14.4 Å². The van der Waals surface area contributed by atoms with E-state index in [4.69, 9.17) is 11.3 Å². The number of nitrogens with two attached hydrogens (primary N) is 1. The fourth-order valence-electron chi connectivity index (χ4n) is 5.22. The first-order valence-electron chi connectivity index (χ1n) is 14.4. The van der Waals surface area contributed by atoms with Crippen LogP contribution in [0.4, 0.5) is 5.69 Å². The summed E-state index contributed by atoms with van der Waals surface area (Å²) in [6.45, 7) is 5.63. The Morgan fingerprint density at radius 1 is 0.950 bits per heavy atom. The van der Waals surface area contributed by atoms with Crippen LogP contribution in [0.3, 0.4) is 0 Å². The lowest BCUT2D eigenvalue weighted by molar-refractivity contribution is -0.129. The number of nitrogens with one attached hydrogen (secondary N) is 3. The number of nitrogens with zero attached hydrogens (tertiary/aromatic N) is 1. The lowest BCUT2D eigenvalue weighted by atomic mass is 9.89. The predicted octanol–water partition coefficient (Wildman–Crippen LogP) is 6.66. The number of carbonyl (C=O) groups excluding carboxylic acids is 3. The highest BCUT2D eigenvalue weighted by Crippen LogP contribution is 2.25. The zero-order valence-corrected chi connectivity index (χ0v) is 23.9. The molecule has 0 fully saturated rings. The summed E-state index contributed by atoms with van der Waals surface area (Å²) in [7, 11) is 0. The molecule has 3 rings (SSSR count). The maximum absolute atomic E-state index is 13.4. The standard InChI is InChI=1S/C32H43N5O3/c1-4-30(38)36-29(19-23-20-35-27-17-7-5-15-25(23)27)32(40)22(3)12-10-14-24(33)13-9-11-21(2)31(39)26-16-6-8-18-28(26)37-34/h5-8,15-18,20-22,24,29,34-35H,4,9-14,19,33H2,1-3H3,(H,36,38). The molecule has 0 saturated heterocycles. The molecule has 0 aliphatic carbocycles. The Labute approximate surface area is 237 Å². The number of aromatic amines is 1. The first-order chi connectivity index (χ1) is 19.2. The second-order valence-electron chi connectivity index (χ2n) is 10.9. The summed E-state index contributed by atoms with van der Waals surface area (Å²) in [5.74, 6) is -0.435. The average Bonchev–Trinajstić information content (AvgIpc) is 3.38. The smallest absolute Gasteiger partial charge is 0.220 e. The number of rotatable bonds is 17. The van der Waals surface area contributed by atoms with Gasteiger partial charge in [0.15, 0.2) is 11.6 Å². The van der Waals surface area contributed by atoms with Crippen molar-refractivity contribution in [2.24, 2.45) is 22.7 Å². The summed E-state index contributed by atoms with van der Waals surface area (Å²) in [6, 6.07) is 14.4. The number of aromatic nitrogens is 1. The van der Waals surface area contributed by atoms with Crippen LogP contribution in [-0.4, -0.2) is 34.5 Å². The highest BCUT2D eigenvalue weighted by molar-refractivity contribution is 6.01. The van der Waals surface area contributed by atoms with Gasteiger partial charge in [0.1, 0.15) is 0 Å². The van der Waals surface area contributed by atoms with Crippen molar-refractivity contribution in [3.63, 3.8) is 0 Å². The van der Waals surface area contributed by atoms with Crippen molar-refractivity contribution < 1.29 is 14.4 Å². The summed E-state index contributed by atoms with van der Waals surface area (Å²) in [4.78, 5) is 41.7. The molecule has 0 aliphatic heterocycles. The normalized spacial score (nSPS) is 14.3. The van der Waals surface area contributed by atoms with Gasteiger partial charge in [0, 0.05) is 53.4 Å². The summed E-state index contributed by atoms with van der Waals surface area (Å²) >= 11 is 0. The molecule has 0 bridgehead atoms. The van der Waals surface area contributed by atoms with Crippen LogP contribution in [0.5, 0.6) is 0 Å². The van der Waals surface area contributed by atoms with Crippen molar-refractivity contribution in [1.29, 1.82) is 5.53 Å². The van der Waals surface area contributed by atoms with Crippen LogP contribution in [0.2, 0.25) is 0 Å². The van der Waals surface area contributed by atoms with Crippen molar-refractivity contribution in [1.82, 2.24) is 10.3 Å². The highest BCUT2D eigenvalue weighted by atomic mass is 16.2. The van der Waals surface area contributed by atoms with Crippen LogP contribution in [0.1, 0.15) is 81.6 Å². The molecule has 0 aliphatic rings. The van der Waals surface area contributed by atoms with Gasteiger partial charge in [-0.05, 0) is 49.4 Å². The zero-order chi connectivity index (χ0) is 29.1. The summed E-state index contributed by atoms with van der Waals surface area (Å²) in [5, 5.41) is 7.48. The maximum atomic E-state index is 13.4. The summed E-state index contributed by atoms with van der Waals surface area (Å²) in [6.07, 6.45) is 7.40. The van der Waals surface area contributed by atoms with E-state index in [1.54, 1.807) is 31.2 Å². The SMILES string of the molecule is CCC(=O)NC(Cc1c[nH]c2ccccc12)C(=O)C(C)CCCC(N)CCCC(C)C(=O)c1ccccc1N=N. The highest BCUT2D eigenvalue weighted by Gasteiger charge is 2.26. The Kier molecular flexibility index (Phi) is 11.8. The van der Waals surface area contributed by atoms with Gasteiger partial charge >= 0.3 is 0 Å². The van der Waals surface area contributed by atoms with Gasteiger partial charge in [0.2, 0.25) is 5.91 Å². The van der Waals surface area contributed by atoms with Crippen molar-refractivity contribution in [2.45, 2.75) is 84.2 Å². The van der Waals surface area contributed by atoms with Gasteiger partial charge in [-0.15, -0.1) is 0 Å². The Hall–Kier alpha value is -3.65. The van der Waals surface area contributed by atoms with E-state index < -0.39 is 6.04 Å². The van der Waals surface area contributed by atoms with Gasteiger partial charge in [0.05, 0.1) is 11.7 Å². The predicted molar refractivity (Wildman–Crippen MR) is 159 cm³/mol. The first-order valence-corrected chi connectivity index (χ1v) is 14.4. The minimum atomic E-state index is -0.567. The molecule has 214 valence electrons. The second-order valence-corrected chi connectivity index (χ2v) is 10.9. The molecule has 1 amide bonds. The number of Topliss-reactive ketones (excluding diaryl/α,β-unsaturated/α-hetero) is 2. The number of hydrogen-bond donors (Lipinski definition) is 4. The Morgan fingerprint density at radius 2 is 1.60 bits per heavy atom. The van der Waals surface area contributed by atoms with Gasteiger partial charge in [-0.25, -0.2) is 5.53 Å². The molecule has 8 heteroatoms. The quantitative estimate of drug-likeness (QED) is 0.111. The van der Waals surface area contributed by atoms with E-state index in [1.165, 1.54) is 0 Å². The molecular formula is C32H43N5O3. The monoisotopic (exact) mass is 545 g/mol. The molecule has 4 atom stereocenters. The number of benzene rings is 2.